The van der Waals surface area contributed by atoms with E-state index >= 15 is 0 Å². The fourth-order valence-corrected chi connectivity index (χ4v) is 3.72. The molecule has 0 bridgehead atoms. The summed E-state index contributed by atoms with van der Waals surface area (Å²) in [6, 6.07) is 10.9. The second-order valence-corrected chi connectivity index (χ2v) is 8.11. The maximum Gasteiger partial charge on any atom is 0.324 e. The van der Waals surface area contributed by atoms with Crippen molar-refractivity contribution in [3.8, 4) is 17.6 Å². The summed E-state index contributed by atoms with van der Waals surface area (Å²) >= 11 is 0. The fraction of sp³-hybridized carbons (Fsp3) is 0.273. The van der Waals surface area contributed by atoms with Crippen LogP contribution in [0.3, 0.4) is 0 Å². The number of nitrogens with one attached hydrogen (secondary N) is 2. The Morgan fingerprint density at radius 2 is 1.62 bits per heavy atom. The van der Waals surface area contributed by atoms with E-state index in [1.165, 1.54) is 38.5 Å². The minimum absolute atomic E-state index is 0.0781. The number of sulfonamides is 1. The van der Waals surface area contributed by atoms with Crippen LogP contribution in [0.5, 0.6) is 5.75 Å². The Morgan fingerprint density at radius 1 is 0.969 bits per heavy atom. The molecular formula is C22H24N2O7S. The lowest BCUT2D eigenvalue weighted by Gasteiger charge is -2.15. The van der Waals surface area contributed by atoms with Crippen molar-refractivity contribution in [2.24, 2.45) is 0 Å². The summed E-state index contributed by atoms with van der Waals surface area (Å²) in [6.07, 6.45) is -0.0781. The number of rotatable bonds is 9. The Hall–Kier alpha value is -3.39. The van der Waals surface area contributed by atoms with E-state index in [0.29, 0.717) is 17.0 Å². The first-order chi connectivity index (χ1) is 15.3. The number of carbonyl (C=O) groups is 2. The summed E-state index contributed by atoms with van der Waals surface area (Å²) in [5.41, 5.74) is 0.819. The van der Waals surface area contributed by atoms with Crippen molar-refractivity contribution >= 4 is 27.6 Å². The number of anilines is 1. The molecule has 9 nitrogen and oxygen atoms in total. The van der Waals surface area contributed by atoms with Crippen LogP contribution in [0.1, 0.15) is 16.8 Å². The second-order valence-electron chi connectivity index (χ2n) is 6.39. The summed E-state index contributed by atoms with van der Waals surface area (Å²) < 4.78 is 42.1. The molecule has 0 saturated heterocycles. The van der Waals surface area contributed by atoms with Crippen LogP contribution < -0.4 is 14.8 Å². The molecule has 0 saturated carbocycles. The molecular weight excluding hydrogens is 436 g/mol. The lowest BCUT2D eigenvalue weighted by atomic mass is 10.2. The van der Waals surface area contributed by atoms with Crippen molar-refractivity contribution in [2.45, 2.75) is 17.4 Å². The molecule has 0 aliphatic carbocycles. The van der Waals surface area contributed by atoms with E-state index in [-0.39, 0.29) is 23.8 Å². The van der Waals surface area contributed by atoms with Gasteiger partial charge in [0.25, 0.3) is 5.91 Å². The highest BCUT2D eigenvalue weighted by atomic mass is 32.2. The van der Waals surface area contributed by atoms with E-state index in [2.05, 4.69) is 26.6 Å². The molecule has 2 rings (SSSR count). The highest BCUT2D eigenvalue weighted by Gasteiger charge is 2.25. The quantitative estimate of drug-likeness (QED) is 0.433. The van der Waals surface area contributed by atoms with Crippen molar-refractivity contribution in [2.75, 3.05) is 33.3 Å². The number of ether oxygens (including phenoxy) is 3. The summed E-state index contributed by atoms with van der Waals surface area (Å²) in [4.78, 5) is 24.2. The molecule has 0 heterocycles. The zero-order chi connectivity index (χ0) is 23.6. The average molecular weight is 461 g/mol. The van der Waals surface area contributed by atoms with Gasteiger partial charge in [0.2, 0.25) is 10.0 Å². The fourth-order valence-electron chi connectivity index (χ4n) is 2.53. The third-order valence-corrected chi connectivity index (χ3v) is 5.69. The molecule has 0 aliphatic rings. The Bertz CT molecular complexity index is 1090. The van der Waals surface area contributed by atoms with Crippen LogP contribution in [0.25, 0.3) is 0 Å². The lowest BCUT2D eigenvalue weighted by Crippen LogP contribution is -2.41. The smallest absolute Gasteiger partial charge is 0.324 e. The number of carbonyl (C=O) groups excluding carboxylic acids is 2. The zero-order valence-electron chi connectivity index (χ0n) is 17.9. The van der Waals surface area contributed by atoms with E-state index in [9.17, 15) is 18.0 Å². The molecule has 170 valence electrons. The molecule has 10 heteroatoms. The molecule has 1 atom stereocenters. The molecule has 2 N–H and O–H groups in total. The van der Waals surface area contributed by atoms with Gasteiger partial charge in [-0.2, -0.15) is 4.72 Å². The average Bonchev–Trinajstić information content (AvgIpc) is 2.80. The van der Waals surface area contributed by atoms with Gasteiger partial charge in [0, 0.05) is 24.8 Å². The summed E-state index contributed by atoms with van der Waals surface area (Å²) in [7, 11) is 0.120. The predicted octanol–water partition coefficient (Wildman–Crippen LogP) is 1.81. The highest BCUT2D eigenvalue weighted by Crippen LogP contribution is 2.17. The van der Waals surface area contributed by atoms with Gasteiger partial charge in [-0.05, 0) is 48.5 Å². The number of methoxy groups -OCH3 is 3. The van der Waals surface area contributed by atoms with E-state index in [1.54, 1.807) is 24.3 Å². The first kappa shape index (κ1) is 24.9. The number of benzene rings is 2. The maximum atomic E-state index is 12.7. The van der Waals surface area contributed by atoms with Gasteiger partial charge in [0.05, 0.1) is 19.1 Å². The molecule has 32 heavy (non-hydrogen) atoms. The number of esters is 1. The van der Waals surface area contributed by atoms with Crippen LogP contribution in [-0.4, -0.2) is 54.3 Å². The maximum absolute atomic E-state index is 12.7. The van der Waals surface area contributed by atoms with Crippen molar-refractivity contribution in [1.82, 2.24) is 4.72 Å². The van der Waals surface area contributed by atoms with Gasteiger partial charge in [-0.15, -0.1) is 0 Å². The van der Waals surface area contributed by atoms with Gasteiger partial charge >= 0.3 is 5.97 Å². The Labute approximate surface area is 187 Å². The van der Waals surface area contributed by atoms with Gasteiger partial charge in [0.1, 0.15) is 18.4 Å². The van der Waals surface area contributed by atoms with Crippen molar-refractivity contribution in [3.05, 3.63) is 54.1 Å². The second kappa shape index (κ2) is 11.9. The van der Waals surface area contributed by atoms with E-state index in [4.69, 9.17) is 9.47 Å². The standard InChI is InChI=1S/C22H24N2O7S/c1-29-15-5-4-6-20(22(26)31-3)24-32(27,28)19-13-9-17(10-14-19)23-21(25)16-7-11-18(30-2)12-8-16/h7-14,20,24H,6,15H2,1-3H3,(H,23,25). The van der Waals surface area contributed by atoms with Gasteiger partial charge in [-0.3, -0.25) is 9.59 Å². The molecule has 0 radical (unpaired) electrons. The Kier molecular flexibility index (Phi) is 9.22. The molecule has 0 fully saturated rings. The number of amides is 1. The van der Waals surface area contributed by atoms with Crippen molar-refractivity contribution in [1.29, 1.82) is 0 Å². The van der Waals surface area contributed by atoms with Gasteiger partial charge in [-0.1, -0.05) is 11.8 Å². The molecule has 0 aromatic heterocycles. The monoisotopic (exact) mass is 460 g/mol. The highest BCUT2D eigenvalue weighted by molar-refractivity contribution is 7.89. The predicted molar refractivity (Wildman–Crippen MR) is 118 cm³/mol. The third kappa shape index (κ3) is 7.09. The Morgan fingerprint density at radius 3 is 2.19 bits per heavy atom. The minimum Gasteiger partial charge on any atom is -0.497 e. The Balaban J connectivity index is 2.09. The van der Waals surface area contributed by atoms with Gasteiger partial charge < -0.3 is 19.5 Å². The first-order valence-electron chi connectivity index (χ1n) is 9.41. The zero-order valence-corrected chi connectivity index (χ0v) is 18.7. The number of hydrogen-bond acceptors (Lipinski definition) is 7. The van der Waals surface area contributed by atoms with Crippen LogP contribution in [-0.2, 0) is 24.3 Å². The minimum atomic E-state index is -4.04. The summed E-state index contributed by atoms with van der Waals surface area (Å²) in [5.74, 6) is 4.83. The topological polar surface area (TPSA) is 120 Å². The van der Waals surface area contributed by atoms with Crippen LogP contribution in [0.2, 0.25) is 0 Å². The lowest BCUT2D eigenvalue weighted by molar-refractivity contribution is -0.142. The summed E-state index contributed by atoms with van der Waals surface area (Å²) in [6.45, 7) is 0.157. The van der Waals surface area contributed by atoms with Crippen LogP contribution in [0.4, 0.5) is 5.69 Å². The molecule has 2 aromatic rings. The third-order valence-electron chi connectivity index (χ3n) is 4.21. The molecule has 2 aromatic carbocycles. The first-order valence-corrected chi connectivity index (χ1v) is 10.9. The van der Waals surface area contributed by atoms with Gasteiger partial charge in [-0.25, -0.2) is 8.42 Å². The summed E-state index contributed by atoms with van der Waals surface area (Å²) in [5, 5.41) is 2.68. The van der Waals surface area contributed by atoms with E-state index in [0.717, 1.165) is 7.11 Å². The van der Waals surface area contributed by atoms with Gasteiger partial charge in [0.15, 0.2) is 0 Å². The molecule has 0 aliphatic heterocycles. The SMILES string of the molecule is COCC#CCC(NS(=O)(=O)c1ccc(NC(=O)c2ccc(OC)cc2)cc1)C(=O)OC. The van der Waals surface area contributed by atoms with Crippen molar-refractivity contribution < 1.29 is 32.2 Å². The largest absolute Gasteiger partial charge is 0.497 e. The molecule has 0 spiro atoms. The van der Waals surface area contributed by atoms with E-state index in [1.807, 2.05) is 0 Å². The van der Waals surface area contributed by atoms with E-state index < -0.39 is 22.0 Å². The van der Waals surface area contributed by atoms with Crippen LogP contribution in [0.15, 0.2) is 53.4 Å². The number of hydrogen-bond donors (Lipinski definition) is 2. The van der Waals surface area contributed by atoms with Crippen LogP contribution >= 0.6 is 0 Å². The molecule has 1 unspecified atom stereocenters. The van der Waals surface area contributed by atoms with Crippen LogP contribution in [0, 0.1) is 11.8 Å². The van der Waals surface area contributed by atoms with Crippen molar-refractivity contribution in [3.63, 3.8) is 0 Å². The normalized spacial score (nSPS) is 11.6. The molecule has 1 amide bonds.